The number of pyridine rings is 2. The summed E-state index contributed by atoms with van der Waals surface area (Å²) < 4.78 is 64.4. The van der Waals surface area contributed by atoms with Crippen LogP contribution in [0.15, 0.2) is 61.3 Å². The third-order valence-electron chi connectivity index (χ3n) is 5.16. The molecule has 32 heavy (non-hydrogen) atoms. The van der Waals surface area contributed by atoms with Crippen LogP contribution in [0.5, 0.6) is 0 Å². The number of ketones is 1. The van der Waals surface area contributed by atoms with Crippen molar-refractivity contribution in [2.24, 2.45) is 7.05 Å². The van der Waals surface area contributed by atoms with Gasteiger partial charge < -0.3 is 14.2 Å². The zero-order valence-electron chi connectivity index (χ0n) is 24.5. The van der Waals surface area contributed by atoms with Gasteiger partial charge in [-0.05, 0) is 36.6 Å². The van der Waals surface area contributed by atoms with Gasteiger partial charge in [0, 0.05) is 54.6 Å². The van der Waals surface area contributed by atoms with Gasteiger partial charge >= 0.3 is 0 Å². The van der Waals surface area contributed by atoms with E-state index in [4.69, 9.17) is 14.3 Å². The van der Waals surface area contributed by atoms with Crippen LogP contribution in [0.4, 0.5) is 5.82 Å². The third-order valence-corrected chi connectivity index (χ3v) is 5.16. The molecular weight excluding hydrogens is 402 g/mol. The SMILES string of the molecule is [2H]C1([2H])OC([2H])(C)C([2H])([2H])N(c2cc(C(=O)Cc3cc4cc(-c5cncn5C)ccc4cn3)ccn2)C1([2H])[2H]. The molecule has 162 valence electrons. The van der Waals surface area contributed by atoms with Crippen molar-refractivity contribution in [3.05, 3.63) is 72.6 Å². The predicted molar refractivity (Wildman–Crippen MR) is 124 cm³/mol. The Kier molecular flexibility index (Phi) is 3.66. The number of hydrogen-bond donors (Lipinski definition) is 0. The number of Topliss-reactive ketones (excluding diaryl/α,β-unsaturated/α-hetero) is 1. The van der Waals surface area contributed by atoms with Gasteiger partial charge in [0.05, 0.1) is 46.9 Å². The van der Waals surface area contributed by atoms with E-state index in [2.05, 4.69) is 15.0 Å². The minimum Gasteiger partial charge on any atom is -0.375 e. The molecule has 7 nitrogen and oxygen atoms in total. The quantitative estimate of drug-likeness (QED) is 0.446. The first-order chi connectivity index (χ1) is 18.1. The van der Waals surface area contributed by atoms with Crippen LogP contribution in [0.2, 0.25) is 0 Å². The highest BCUT2D eigenvalue weighted by Crippen LogP contribution is 2.24. The number of fused-ring (bicyclic) bond motifs is 1. The molecule has 0 saturated carbocycles. The summed E-state index contributed by atoms with van der Waals surface area (Å²) in [5.41, 5.74) is 2.50. The summed E-state index contributed by atoms with van der Waals surface area (Å²) in [5, 5.41) is 1.78. The van der Waals surface area contributed by atoms with Crippen LogP contribution in [0.1, 0.15) is 32.6 Å². The van der Waals surface area contributed by atoms with Gasteiger partial charge in [-0.3, -0.25) is 9.78 Å². The summed E-state index contributed by atoms with van der Waals surface area (Å²) in [4.78, 5) is 26.3. The molecule has 1 aromatic carbocycles. The highest BCUT2D eigenvalue weighted by Gasteiger charge is 2.19. The first-order valence-electron chi connectivity index (χ1n) is 13.5. The first-order valence-corrected chi connectivity index (χ1v) is 9.99. The molecule has 0 bridgehead atoms. The molecule has 0 spiro atoms. The van der Waals surface area contributed by atoms with Crippen molar-refractivity contribution >= 4 is 22.4 Å². The van der Waals surface area contributed by atoms with E-state index < -0.39 is 25.6 Å². The van der Waals surface area contributed by atoms with Crippen LogP contribution in [-0.4, -0.2) is 50.9 Å². The minimum absolute atomic E-state index is 0.0881. The van der Waals surface area contributed by atoms with E-state index >= 15 is 0 Å². The molecule has 1 atom stereocenters. The molecule has 0 radical (unpaired) electrons. The number of nitrogens with zero attached hydrogens (tertiary/aromatic N) is 5. The molecule has 7 heteroatoms. The van der Waals surface area contributed by atoms with Gasteiger partial charge in [-0.2, -0.15) is 0 Å². The number of ether oxygens (including phenoxy) is 1. The second kappa shape index (κ2) is 8.51. The highest BCUT2D eigenvalue weighted by atomic mass is 16.5. The van der Waals surface area contributed by atoms with Crippen LogP contribution >= 0.6 is 0 Å². The molecule has 1 saturated heterocycles. The molecule has 0 N–H and O–H groups in total. The van der Waals surface area contributed by atoms with Crippen LogP contribution in [0, 0.1) is 0 Å². The van der Waals surface area contributed by atoms with Gasteiger partial charge in [0.1, 0.15) is 5.82 Å². The summed E-state index contributed by atoms with van der Waals surface area (Å²) in [5.74, 6) is -0.715. The lowest BCUT2D eigenvalue weighted by atomic mass is 10.0. The van der Waals surface area contributed by atoms with Crippen molar-refractivity contribution in [1.82, 2.24) is 19.5 Å². The Balaban J connectivity index is 1.46. The van der Waals surface area contributed by atoms with E-state index in [0.29, 0.717) is 10.6 Å². The fourth-order valence-corrected chi connectivity index (χ4v) is 3.53. The molecule has 0 aliphatic carbocycles. The lowest BCUT2D eigenvalue weighted by Gasteiger charge is -2.32. The fourth-order valence-electron chi connectivity index (χ4n) is 3.53. The van der Waals surface area contributed by atoms with Gasteiger partial charge in [0.15, 0.2) is 5.78 Å². The first kappa shape index (κ1) is 13.8. The Bertz CT molecular complexity index is 1560. The summed E-state index contributed by atoms with van der Waals surface area (Å²) >= 11 is 0. The number of hydrogen-bond acceptors (Lipinski definition) is 6. The lowest BCUT2D eigenvalue weighted by molar-refractivity contribution is 0.0529. The number of carbonyl (C=O) groups excluding carboxylic acids is 1. The molecule has 1 aliphatic rings. The summed E-state index contributed by atoms with van der Waals surface area (Å²) in [6.07, 6.45) is 3.81. The van der Waals surface area contributed by atoms with E-state index in [1.807, 2.05) is 35.9 Å². The molecule has 1 fully saturated rings. The minimum atomic E-state index is -3.04. The molecule has 0 amide bonds. The maximum atomic E-state index is 13.2. The Morgan fingerprint density at radius 3 is 2.97 bits per heavy atom. The number of anilines is 1. The van der Waals surface area contributed by atoms with Gasteiger partial charge in [0.25, 0.3) is 0 Å². The van der Waals surface area contributed by atoms with E-state index in [1.165, 1.54) is 18.3 Å². The summed E-state index contributed by atoms with van der Waals surface area (Å²) in [6.45, 7) is -7.91. The zero-order chi connectivity index (χ0) is 28.4. The van der Waals surface area contributed by atoms with Crippen molar-refractivity contribution in [2.45, 2.75) is 19.4 Å². The molecule has 1 unspecified atom stereocenters. The van der Waals surface area contributed by atoms with Gasteiger partial charge in [0.2, 0.25) is 0 Å². The number of morpholine rings is 1. The largest absolute Gasteiger partial charge is 0.375 e. The number of aryl methyl sites for hydroxylation is 1. The molecular formula is C25H25N5O2. The second-order valence-electron chi connectivity index (χ2n) is 7.45. The van der Waals surface area contributed by atoms with Gasteiger partial charge in [-0.15, -0.1) is 0 Å². The standard InChI is InChI=1S/C25H25N5O2/c1-17-15-30(7-8-32-17)25-11-19(5-6-27-25)24(31)12-22-10-21-9-18(3-4-20(21)13-28-22)23-14-26-16-29(23)2/h3-6,9-11,13-14,16-17H,7-8,12,15H2,1-2H3/i7D2,8D2,15D2,17D. The Morgan fingerprint density at radius 1 is 1.22 bits per heavy atom. The number of rotatable bonds is 5. The summed E-state index contributed by atoms with van der Waals surface area (Å²) in [6, 6.07) is 10.3. The molecule has 4 heterocycles. The maximum Gasteiger partial charge on any atom is 0.169 e. The summed E-state index contributed by atoms with van der Waals surface area (Å²) in [7, 11) is 1.90. The van der Waals surface area contributed by atoms with Crippen molar-refractivity contribution in [3.63, 3.8) is 0 Å². The number of carbonyl (C=O) groups is 1. The molecule has 4 aromatic rings. The van der Waals surface area contributed by atoms with Crippen LogP contribution in [-0.2, 0) is 18.2 Å². The Hall–Kier alpha value is -3.58. The zero-order valence-corrected chi connectivity index (χ0v) is 17.5. The van der Waals surface area contributed by atoms with Gasteiger partial charge in [-0.25, -0.2) is 9.97 Å². The average Bonchev–Trinajstić information content (AvgIpc) is 3.28. The van der Waals surface area contributed by atoms with Crippen molar-refractivity contribution in [3.8, 4) is 11.3 Å². The fraction of sp³-hybridized carbons (Fsp3) is 0.280. The topological polar surface area (TPSA) is 73.1 Å². The maximum absolute atomic E-state index is 13.2. The van der Waals surface area contributed by atoms with E-state index in [-0.39, 0.29) is 23.6 Å². The van der Waals surface area contributed by atoms with Gasteiger partial charge in [-0.1, -0.05) is 12.1 Å². The second-order valence-corrected chi connectivity index (χ2v) is 7.45. The normalized spacial score (nSPS) is 26.7. The smallest absolute Gasteiger partial charge is 0.169 e. The predicted octanol–water partition coefficient (Wildman–Crippen LogP) is 3.68. The van der Waals surface area contributed by atoms with Crippen LogP contribution < -0.4 is 4.90 Å². The Morgan fingerprint density at radius 2 is 2.12 bits per heavy atom. The number of aromatic nitrogens is 4. The van der Waals surface area contributed by atoms with Crippen LogP contribution in [0.25, 0.3) is 22.0 Å². The van der Waals surface area contributed by atoms with E-state index in [1.54, 1.807) is 18.7 Å². The highest BCUT2D eigenvalue weighted by molar-refractivity contribution is 5.98. The van der Waals surface area contributed by atoms with Crippen molar-refractivity contribution in [2.75, 3.05) is 24.5 Å². The lowest BCUT2D eigenvalue weighted by Crippen LogP contribution is -2.41. The molecule has 3 aromatic heterocycles. The van der Waals surface area contributed by atoms with Crippen molar-refractivity contribution < 1.29 is 19.1 Å². The van der Waals surface area contributed by atoms with Crippen molar-refractivity contribution in [1.29, 1.82) is 0 Å². The monoisotopic (exact) mass is 434 g/mol. The average molecular weight is 435 g/mol. The van der Waals surface area contributed by atoms with Crippen LogP contribution in [0.3, 0.4) is 0 Å². The van der Waals surface area contributed by atoms with E-state index in [0.717, 1.165) is 29.0 Å². The molecule has 5 rings (SSSR count). The van der Waals surface area contributed by atoms with E-state index in [9.17, 15) is 4.79 Å². The third kappa shape index (κ3) is 4.11. The number of imidazole rings is 1. The number of benzene rings is 1. The molecule has 1 aliphatic heterocycles. The Labute approximate surface area is 196 Å².